The maximum Gasteiger partial charge on any atom is 0.430 e. The van der Waals surface area contributed by atoms with Crippen LogP contribution in [0.15, 0.2) is 66.7 Å². The highest BCUT2D eigenvalue weighted by atomic mass is 19.4. The Morgan fingerprint density at radius 1 is 1.00 bits per heavy atom. The van der Waals surface area contributed by atoms with Crippen molar-refractivity contribution in [2.75, 3.05) is 32.2 Å². The number of urea groups is 1. The second-order valence-corrected chi connectivity index (χ2v) is 12.9. The molecular weight excluding hydrogens is 675 g/mol. The van der Waals surface area contributed by atoms with Crippen LogP contribution in [0.4, 0.5) is 23.7 Å². The van der Waals surface area contributed by atoms with Crippen molar-refractivity contribution < 1.29 is 56.5 Å². The smallest absolute Gasteiger partial charge is 0.430 e. The van der Waals surface area contributed by atoms with Gasteiger partial charge in [0.15, 0.2) is 11.5 Å². The normalized spacial score (nSPS) is 18.3. The van der Waals surface area contributed by atoms with Gasteiger partial charge in [0.25, 0.3) is 5.91 Å². The largest absolute Gasteiger partial charge is 0.542 e. The number of carboxylic acids is 1. The molecule has 0 saturated carbocycles. The van der Waals surface area contributed by atoms with Crippen LogP contribution in [0.2, 0.25) is 0 Å². The van der Waals surface area contributed by atoms with E-state index in [1.54, 1.807) is 53.4 Å². The van der Waals surface area contributed by atoms with Gasteiger partial charge in [0.2, 0.25) is 12.7 Å². The van der Waals surface area contributed by atoms with E-state index in [0.29, 0.717) is 35.2 Å². The number of nitrogens with two attached hydrogens (primary N) is 1. The van der Waals surface area contributed by atoms with Gasteiger partial charge in [-0.3, -0.25) is 9.59 Å². The Balaban J connectivity index is 0.000000755. The molecule has 0 aliphatic carbocycles. The number of alkyl halides is 3. The molecule has 2 aliphatic heterocycles. The number of rotatable bonds is 10. The number of benzene rings is 3. The molecule has 13 nitrogen and oxygen atoms in total. The standard InChI is InChI=1S/C33H39N5O6.C2HF3O2/c1-21(2)35-32(41)24-7-9-25(10-8-24)36-33(42)37(28(31(34)40)16-22-4-11-27(39)12-5-22)26-14-15-38(3,19-26)18-23-6-13-29-30(17-23)44-20-43-29;3-2(4,5)1(6)7/h4-13,17,21,26,28H,14-16,18-20H2,1-3H3,(H4-,34,35,36,39,40,41,42);(H,6,7)/t26-,28+,38?;/m1./s1. The van der Waals surface area contributed by atoms with Gasteiger partial charge in [-0.2, -0.15) is 13.2 Å². The maximum atomic E-state index is 14.0. The molecule has 1 unspecified atom stereocenters. The van der Waals surface area contributed by atoms with Gasteiger partial charge in [-0.25, -0.2) is 4.79 Å². The Morgan fingerprint density at radius 2 is 1.61 bits per heavy atom. The summed E-state index contributed by atoms with van der Waals surface area (Å²) >= 11 is 0. The topological polar surface area (TPSA) is 183 Å². The summed E-state index contributed by atoms with van der Waals surface area (Å²) in [7, 11) is 2.14. The number of ether oxygens (including phenoxy) is 2. The Morgan fingerprint density at radius 3 is 2.20 bits per heavy atom. The molecule has 5 rings (SSSR count). The van der Waals surface area contributed by atoms with E-state index in [9.17, 15) is 32.7 Å². The lowest BCUT2D eigenvalue weighted by atomic mass is 10.0. The number of carboxylic acid groups (broad SMARTS) is 1. The van der Waals surface area contributed by atoms with E-state index in [4.69, 9.17) is 25.1 Å². The second-order valence-electron chi connectivity index (χ2n) is 12.9. The Kier molecular flexibility index (Phi) is 12.0. The molecule has 2 heterocycles. The number of aromatic hydroxyl groups is 1. The first-order chi connectivity index (χ1) is 23.9. The molecule has 2 aliphatic rings. The first kappa shape index (κ1) is 38.3. The summed E-state index contributed by atoms with van der Waals surface area (Å²) in [6.45, 7) is 6.08. The molecule has 0 spiro atoms. The molecule has 0 radical (unpaired) electrons. The third-order valence-electron chi connectivity index (χ3n) is 8.36. The molecule has 51 heavy (non-hydrogen) atoms. The minimum absolute atomic E-state index is 0.00436. The first-order valence-corrected chi connectivity index (χ1v) is 16.0. The lowest BCUT2D eigenvalue weighted by molar-refractivity contribution is -0.911. The number of primary amides is 1. The van der Waals surface area contributed by atoms with Gasteiger partial charge in [-0.15, -0.1) is 0 Å². The average molecular weight is 716 g/mol. The second kappa shape index (κ2) is 16.0. The average Bonchev–Trinajstić information content (AvgIpc) is 3.67. The van der Waals surface area contributed by atoms with Crippen molar-refractivity contribution in [2.45, 2.75) is 57.5 Å². The summed E-state index contributed by atoms with van der Waals surface area (Å²) in [4.78, 5) is 49.7. The van der Waals surface area contributed by atoms with Gasteiger partial charge in [0.05, 0.1) is 26.2 Å². The van der Waals surface area contributed by atoms with Crippen molar-refractivity contribution in [3.05, 3.63) is 83.4 Å². The number of nitrogens with zero attached hydrogens (tertiary/aromatic N) is 2. The SMILES string of the molecule is CC(C)NC(=O)c1ccc(NC(=O)N([C@@H]2CC[N+](C)(Cc3ccc4c(c3)OCO4)C2)[C@@H](Cc2ccc(O)cc2)C(N)=O)cc1.O=C([O-])C(F)(F)F. The third kappa shape index (κ3) is 10.5. The lowest BCUT2D eigenvalue weighted by Crippen LogP contribution is -2.56. The van der Waals surface area contributed by atoms with Crippen LogP contribution in [0.5, 0.6) is 17.2 Å². The van der Waals surface area contributed by atoms with E-state index >= 15 is 0 Å². The van der Waals surface area contributed by atoms with Gasteiger partial charge in [-0.05, 0) is 74.0 Å². The number of likely N-dealkylation sites (N-methyl/N-ethyl adjacent to an activating group) is 1. The number of phenols is 1. The van der Waals surface area contributed by atoms with Crippen LogP contribution in [0, 0.1) is 0 Å². The molecule has 3 atom stereocenters. The van der Waals surface area contributed by atoms with Crippen LogP contribution in [-0.4, -0.2) is 89.5 Å². The fraction of sp³-hybridized carbons (Fsp3) is 0.371. The zero-order valence-corrected chi connectivity index (χ0v) is 28.2. The van der Waals surface area contributed by atoms with E-state index in [0.717, 1.165) is 29.2 Å². The van der Waals surface area contributed by atoms with Crippen LogP contribution in [0.25, 0.3) is 0 Å². The van der Waals surface area contributed by atoms with E-state index in [2.05, 4.69) is 17.7 Å². The number of fused-ring (bicyclic) bond motifs is 1. The number of aliphatic carboxylic acids is 1. The number of hydrogen-bond acceptors (Lipinski definition) is 8. The molecule has 16 heteroatoms. The van der Waals surface area contributed by atoms with Crippen molar-refractivity contribution in [3.63, 3.8) is 0 Å². The Labute approximate surface area is 292 Å². The van der Waals surface area contributed by atoms with Gasteiger partial charge < -0.3 is 50.2 Å². The molecule has 3 aromatic rings. The summed E-state index contributed by atoms with van der Waals surface area (Å²) < 4.78 is 43.2. The molecule has 5 N–H and O–H groups in total. The lowest BCUT2D eigenvalue weighted by Gasteiger charge is -2.36. The van der Waals surface area contributed by atoms with Gasteiger partial charge >= 0.3 is 12.2 Å². The maximum absolute atomic E-state index is 14.0. The quantitative estimate of drug-likeness (QED) is 0.231. The van der Waals surface area contributed by atoms with Crippen molar-refractivity contribution in [1.29, 1.82) is 0 Å². The van der Waals surface area contributed by atoms with Crippen LogP contribution >= 0.6 is 0 Å². The summed E-state index contributed by atoms with van der Waals surface area (Å²) in [6.07, 6.45) is -4.33. The summed E-state index contributed by atoms with van der Waals surface area (Å²) in [5, 5.41) is 24.3. The number of halogens is 3. The van der Waals surface area contributed by atoms with Crippen LogP contribution in [-0.2, 0) is 22.6 Å². The molecule has 1 fully saturated rings. The molecule has 4 amide bonds. The number of likely N-dealkylation sites (tertiary alicyclic amines) is 1. The number of carbonyl (C=O) groups excluding carboxylic acids is 4. The van der Waals surface area contributed by atoms with E-state index in [1.165, 1.54) is 0 Å². The minimum Gasteiger partial charge on any atom is -0.542 e. The molecule has 1 saturated heterocycles. The number of anilines is 1. The monoisotopic (exact) mass is 715 g/mol. The molecule has 3 aromatic carbocycles. The number of hydrogen-bond donors (Lipinski definition) is 4. The van der Waals surface area contributed by atoms with Crippen LogP contribution in [0.3, 0.4) is 0 Å². The minimum atomic E-state index is -5.19. The predicted molar refractivity (Wildman–Crippen MR) is 176 cm³/mol. The Hall–Kier alpha value is -5.51. The molecule has 0 aromatic heterocycles. The highest BCUT2D eigenvalue weighted by Crippen LogP contribution is 2.35. The van der Waals surface area contributed by atoms with Crippen molar-refractivity contribution in [1.82, 2.24) is 10.2 Å². The third-order valence-corrected chi connectivity index (χ3v) is 8.36. The number of quaternary nitrogens is 1. The van der Waals surface area contributed by atoms with Gasteiger partial charge in [-0.1, -0.05) is 12.1 Å². The predicted octanol–water partition coefficient (Wildman–Crippen LogP) is 2.91. The van der Waals surface area contributed by atoms with E-state index in [1.807, 2.05) is 32.0 Å². The van der Waals surface area contributed by atoms with Crippen molar-refractivity contribution >= 4 is 29.5 Å². The molecule has 0 bridgehead atoms. The van der Waals surface area contributed by atoms with E-state index in [-0.39, 0.29) is 37.0 Å². The highest BCUT2D eigenvalue weighted by molar-refractivity contribution is 5.96. The Bertz CT molecular complexity index is 1720. The summed E-state index contributed by atoms with van der Waals surface area (Å²) in [6, 6.07) is 17.4. The van der Waals surface area contributed by atoms with Crippen LogP contribution in [0.1, 0.15) is 41.8 Å². The zero-order valence-electron chi connectivity index (χ0n) is 28.2. The van der Waals surface area contributed by atoms with Gasteiger partial charge in [0.1, 0.15) is 24.3 Å². The number of amides is 4. The van der Waals surface area contributed by atoms with Crippen molar-refractivity contribution in [2.24, 2.45) is 5.73 Å². The number of nitrogens with one attached hydrogen (secondary N) is 2. The number of phenolic OH excluding ortho intramolecular Hbond substituents is 1. The summed E-state index contributed by atoms with van der Waals surface area (Å²) in [5.74, 6) is -2.27. The first-order valence-electron chi connectivity index (χ1n) is 16.0. The van der Waals surface area contributed by atoms with Gasteiger partial charge in [0, 0.05) is 35.7 Å². The summed E-state index contributed by atoms with van der Waals surface area (Å²) in [5.41, 5.74) is 8.78. The fourth-order valence-electron chi connectivity index (χ4n) is 5.99. The molecule has 274 valence electrons. The molecular formula is C35H40F3N5O8. The zero-order chi connectivity index (χ0) is 37.5. The van der Waals surface area contributed by atoms with E-state index < -0.39 is 30.1 Å². The van der Waals surface area contributed by atoms with Crippen LogP contribution < -0.4 is 30.9 Å². The highest BCUT2D eigenvalue weighted by Gasteiger charge is 2.44. The number of carbonyl (C=O) groups is 4. The fourth-order valence-corrected chi connectivity index (χ4v) is 5.99. The van der Waals surface area contributed by atoms with Crippen molar-refractivity contribution in [3.8, 4) is 17.2 Å².